The van der Waals surface area contributed by atoms with E-state index < -0.39 is 0 Å². The lowest BCUT2D eigenvalue weighted by Crippen LogP contribution is -2.22. The number of halogens is 1. The van der Waals surface area contributed by atoms with Crippen molar-refractivity contribution in [2.45, 2.75) is 6.54 Å². The van der Waals surface area contributed by atoms with E-state index in [0.29, 0.717) is 22.8 Å². The van der Waals surface area contributed by atoms with Gasteiger partial charge in [0.25, 0.3) is 0 Å². The van der Waals surface area contributed by atoms with Gasteiger partial charge in [0.2, 0.25) is 0 Å². The number of hydrazine groups is 1. The highest BCUT2D eigenvalue weighted by Crippen LogP contribution is 2.31. The SMILES string of the molecule is NNCc1[nH]c2c(ccc3cnc(Cl)cc32)c1C(=O)c1ccccc1. The van der Waals surface area contributed by atoms with Crippen molar-refractivity contribution in [1.82, 2.24) is 15.4 Å². The fraction of sp³-hybridized carbons (Fsp3) is 0.0526. The van der Waals surface area contributed by atoms with Gasteiger partial charge < -0.3 is 4.98 Å². The van der Waals surface area contributed by atoms with Crippen LogP contribution in [0.25, 0.3) is 21.7 Å². The summed E-state index contributed by atoms with van der Waals surface area (Å²) in [5.74, 6) is 5.47. The number of fused-ring (bicyclic) bond motifs is 3. The van der Waals surface area contributed by atoms with E-state index in [4.69, 9.17) is 17.4 Å². The normalized spacial score (nSPS) is 11.3. The maximum Gasteiger partial charge on any atom is 0.195 e. The van der Waals surface area contributed by atoms with Crippen LogP contribution in [0.2, 0.25) is 5.15 Å². The molecular formula is C19H15ClN4O. The summed E-state index contributed by atoms with van der Waals surface area (Å²) in [5.41, 5.74) is 5.48. The predicted molar refractivity (Wildman–Crippen MR) is 99.5 cm³/mol. The Morgan fingerprint density at radius 2 is 1.96 bits per heavy atom. The van der Waals surface area contributed by atoms with Gasteiger partial charge in [0.1, 0.15) is 5.15 Å². The lowest BCUT2D eigenvalue weighted by molar-refractivity contribution is 0.103. The van der Waals surface area contributed by atoms with Crippen LogP contribution < -0.4 is 11.3 Å². The molecule has 0 amide bonds. The lowest BCUT2D eigenvalue weighted by Gasteiger charge is -2.04. The fourth-order valence-corrected chi connectivity index (χ4v) is 3.30. The molecule has 5 nitrogen and oxygen atoms in total. The second-order valence-corrected chi connectivity index (χ2v) is 6.16. The largest absolute Gasteiger partial charge is 0.356 e. The van der Waals surface area contributed by atoms with Crippen LogP contribution in [0.4, 0.5) is 0 Å². The van der Waals surface area contributed by atoms with Gasteiger partial charge in [-0.05, 0) is 6.07 Å². The first-order valence-electron chi connectivity index (χ1n) is 7.81. The van der Waals surface area contributed by atoms with E-state index in [0.717, 1.165) is 27.4 Å². The molecule has 6 heteroatoms. The summed E-state index contributed by atoms with van der Waals surface area (Å²) in [5, 5.41) is 3.12. The van der Waals surface area contributed by atoms with Crippen molar-refractivity contribution in [3.8, 4) is 0 Å². The van der Waals surface area contributed by atoms with Gasteiger partial charge in [-0.1, -0.05) is 54.1 Å². The molecule has 0 aliphatic carbocycles. The molecule has 4 N–H and O–H groups in total. The van der Waals surface area contributed by atoms with Crippen LogP contribution in [0, 0.1) is 0 Å². The Bertz CT molecular complexity index is 1090. The molecule has 0 atom stereocenters. The molecule has 0 saturated heterocycles. The smallest absolute Gasteiger partial charge is 0.195 e. The molecule has 0 spiro atoms. The Morgan fingerprint density at radius 1 is 1.16 bits per heavy atom. The second-order valence-electron chi connectivity index (χ2n) is 5.77. The Kier molecular flexibility index (Phi) is 3.97. The van der Waals surface area contributed by atoms with E-state index in [1.807, 2.05) is 42.5 Å². The van der Waals surface area contributed by atoms with Crippen LogP contribution in [0.5, 0.6) is 0 Å². The molecule has 4 aromatic rings. The molecule has 2 aromatic heterocycles. The highest BCUT2D eigenvalue weighted by molar-refractivity contribution is 6.30. The van der Waals surface area contributed by atoms with Crippen LogP contribution in [-0.2, 0) is 6.54 Å². The number of benzene rings is 2. The van der Waals surface area contributed by atoms with E-state index in [-0.39, 0.29) is 5.78 Å². The summed E-state index contributed by atoms with van der Waals surface area (Å²) in [6.45, 7) is 0.350. The summed E-state index contributed by atoms with van der Waals surface area (Å²) < 4.78 is 0. The van der Waals surface area contributed by atoms with Gasteiger partial charge in [0, 0.05) is 33.6 Å². The average molecular weight is 351 g/mol. The quantitative estimate of drug-likeness (QED) is 0.227. The first-order valence-corrected chi connectivity index (χ1v) is 8.19. The number of carbonyl (C=O) groups is 1. The Labute approximate surface area is 148 Å². The predicted octanol–water partition coefficient (Wildman–Crippen LogP) is 3.56. The minimum Gasteiger partial charge on any atom is -0.356 e. The summed E-state index contributed by atoms with van der Waals surface area (Å²) >= 11 is 6.06. The van der Waals surface area contributed by atoms with Gasteiger partial charge in [-0.2, -0.15) is 0 Å². The van der Waals surface area contributed by atoms with Crippen LogP contribution >= 0.6 is 11.6 Å². The molecule has 0 unspecified atom stereocenters. The van der Waals surface area contributed by atoms with E-state index >= 15 is 0 Å². The molecule has 0 aliphatic heterocycles. The molecule has 2 heterocycles. The molecule has 0 bridgehead atoms. The Hall–Kier alpha value is -2.73. The number of pyridine rings is 1. The molecular weight excluding hydrogens is 336 g/mol. The summed E-state index contributed by atoms with van der Waals surface area (Å²) in [6.07, 6.45) is 1.72. The van der Waals surface area contributed by atoms with Crippen molar-refractivity contribution in [1.29, 1.82) is 0 Å². The monoisotopic (exact) mass is 350 g/mol. The van der Waals surface area contributed by atoms with Gasteiger partial charge in [0.15, 0.2) is 5.78 Å². The molecule has 25 heavy (non-hydrogen) atoms. The molecule has 0 fully saturated rings. The Morgan fingerprint density at radius 3 is 2.72 bits per heavy atom. The molecule has 2 aromatic carbocycles. The van der Waals surface area contributed by atoms with Gasteiger partial charge >= 0.3 is 0 Å². The summed E-state index contributed by atoms with van der Waals surface area (Å²) in [4.78, 5) is 20.5. The Balaban J connectivity index is 2.02. The van der Waals surface area contributed by atoms with Gasteiger partial charge in [-0.3, -0.25) is 16.1 Å². The maximum absolute atomic E-state index is 13.1. The van der Waals surface area contributed by atoms with Crippen LogP contribution in [0.15, 0.2) is 54.7 Å². The van der Waals surface area contributed by atoms with Crippen molar-refractivity contribution >= 4 is 39.1 Å². The van der Waals surface area contributed by atoms with Crippen molar-refractivity contribution < 1.29 is 4.79 Å². The van der Waals surface area contributed by atoms with E-state index in [1.54, 1.807) is 12.3 Å². The zero-order valence-electron chi connectivity index (χ0n) is 13.2. The van der Waals surface area contributed by atoms with Crippen molar-refractivity contribution in [2.75, 3.05) is 0 Å². The molecule has 0 aliphatic rings. The number of aromatic amines is 1. The third-order valence-corrected chi connectivity index (χ3v) is 4.47. The molecule has 4 rings (SSSR count). The maximum atomic E-state index is 13.1. The van der Waals surface area contributed by atoms with E-state index in [2.05, 4.69) is 15.4 Å². The summed E-state index contributed by atoms with van der Waals surface area (Å²) in [6, 6.07) is 14.9. The number of hydrogen-bond acceptors (Lipinski definition) is 4. The number of carbonyl (C=O) groups excluding carboxylic acids is 1. The highest BCUT2D eigenvalue weighted by Gasteiger charge is 2.20. The molecule has 0 radical (unpaired) electrons. The van der Waals surface area contributed by atoms with Crippen LogP contribution in [0.3, 0.4) is 0 Å². The molecule has 124 valence electrons. The number of nitrogens with zero attached hydrogens (tertiary/aromatic N) is 1. The van der Waals surface area contributed by atoms with Crippen molar-refractivity contribution in [3.63, 3.8) is 0 Å². The third kappa shape index (κ3) is 2.68. The third-order valence-electron chi connectivity index (χ3n) is 4.26. The van der Waals surface area contributed by atoms with Crippen molar-refractivity contribution in [2.24, 2.45) is 5.84 Å². The fourth-order valence-electron chi connectivity index (χ4n) is 3.14. The molecule has 0 saturated carbocycles. The second kappa shape index (κ2) is 6.29. The number of rotatable bonds is 4. The average Bonchev–Trinajstić information content (AvgIpc) is 3.00. The minimum absolute atomic E-state index is 0.0448. The highest BCUT2D eigenvalue weighted by atomic mass is 35.5. The zero-order valence-corrected chi connectivity index (χ0v) is 14.0. The number of hydrogen-bond donors (Lipinski definition) is 3. The number of ketones is 1. The number of aromatic nitrogens is 2. The van der Waals surface area contributed by atoms with E-state index in [9.17, 15) is 4.79 Å². The minimum atomic E-state index is -0.0448. The summed E-state index contributed by atoms with van der Waals surface area (Å²) in [7, 11) is 0. The first-order chi connectivity index (χ1) is 12.2. The van der Waals surface area contributed by atoms with E-state index in [1.165, 1.54) is 0 Å². The standard InChI is InChI=1S/C19H15ClN4O/c20-16-8-14-12(9-22-16)6-7-13-17(15(10-23-21)24-18(13)14)19(25)11-4-2-1-3-5-11/h1-9,23-24H,10,21H2. The van der Waals surface area contributed by atoms with Gasteiger partial charge in [-0.25, -0.2) is 4.98 Å². The zero-order chi connectivity index (χ0) is 17.4. The first kappa shape index (κ1) is 15.8. The topological polar surface area (TPSA) is 83.8 Å². The van der Waals surface area contributed by atoms with Gasteiger partial charge in [0.05, 0.1) is 17.6 Å². The number of nitrogens with two attached hydrogens (primary N) is 1. The number of H-pyrrole nitrogens is 1. The lowest BCUT2D eigenvalue weighted by atomic mass is 9.99. The van der Waals surface area contributed by atoms with Crippen LogP contribution in [0.1, 0.15) is 21.6 Å². The van der Waals surface area contributed by atoms with Crippen LogP contribution in [-0.4, -0.2) is 15.8 Å². The van der Waals surface area contributed by atoms with Crippen molar-refractivity contribution in [3.05, 3.63) is 76.7 Å². The number of nitrogens with one attached hydrogen (secondary N) is 2. The van der Waals surface area contributed by atoms with Gasteiger partial charge in [-0.15, -0.1) is 0 Å².